The first-order valence-electron chi connectivity index (χ1n) is 7.80. The number of ether oxygens (including phenoxy) is 3. The summed E-state index contributed by atoms with van der Waals surface area (Å²) >= 11 is 0. The van der Waals surface area contributed by atoms with Gasteiger partial charge in [-0.15, -0.1) is 0 Å². The van der Waals surface area contributed by atoms with Crippen molar-refractivity contribution >= 4 is 0 Å². The summed E-state index contributed by atoms with van der Waals surface area (Å²) in [5, 5.41) is 3.57. The van der Waals surface area contributed by atoms with Gasteiger partial charge in [-0.3, -0.25) is 0 Å². The predicted molar refractivity (Wildman–Crippen MR) is 73.2 cm³/mol. The van der Waals surface area contributed by atoms with Crippen LogP contribution in [0.3, 0.4) is 0 Å². The lowest BCUT2D eigenvalue weighted by Crippen LogP contribution is -2.50. The molecule has 3 aliphatic heterocycles. The zero-order valence-corrected chi connectivity index (χ0v) is 12.0. The minimum absolute atomic E-state index is 0.107. The summed E-state index contributed by atoms with van der Waals surface area (Å²) in [6.07, 6.45) is 5.73. The zero-order chi connectivity index (χ0) is 13.1. The lowest BCUT2D eigenvalue weighted by atomic mass is 9.74. The molecule has 1 spiro atoms. The van der Waals surface area contributed by atoms with Crippen LogP contribution < -0.4 is 5.32 Å². The molecule has 0 radical (unpaired) electrons. The summed E-state index contributed by atoms with van der Waals surface area (Å²) in [5.41, 5.74) is 0.107. The summed E-state index contributed by atoms with van der Waals surface area (Å²) in [5.74, 6) is 1.41. The smallest absolute Gasteiger partial charge is 0.0729 e. The summed E-state index contributed by atoms with van der Waals surface area (Å²) < 4.78 is 17.2. The molecule has 0 saturated carbocycles. The molecule has 0 bridgehead atoms. The van der Waals surface area contributed by atoms with Gasteiger partial charge in [-0.05, 0) is 45.1 Å². The molecule has 0 aromatic rings. The zero-order valence-electron chi connectivity index (χ0n) is 12.0. The normalized spacial score (nSPS) is 36.5. The van der Waals surface area contributed by atoms with Crippen LogP contribution in [0.15, 0.2) is 0 Å². The van der Waals surface area contributed by atoms with Crippen LogP contribution in [0.25, 0.3) is 0 Å². The second kappa shape index (κ2) is 6.08. The number of hydrogen-bond acceptors (Lipinski definition) is 4. The van der Waals surface area contributed by atoms with Crippen LogP contribution in [-0.4, -0.2) is 51.7 Å². The van der Waals surface area contributed by atoms with E-state index in [4.69, 9.17) is 14.2 Å². The van der Waals surface area contributed by atoms with E-state index in [1.165, 1.54) is 19.3 Å². The third-order valence-corrected chi connectivity index (χ3v) is 5.25. The molecule has 0 aromatic heterocycles. The Morgan fingerprint density at radius 3 is 2.47 bits per heavy atom. The van der Waals surface area contributed by atoms with E-state index in [-0.39, 0.29) is 5.60 Å². The van der Waals surface area contributed by atoms with E-state index in [1.807, 2.05) is 0 Å². The van der Waals surface area contributed by atoms with Gasteiger partial charge in [0.2, 0.25) is 0 Å². The van der Waals surface area contributed by atoms with Crippen molar-refractivity contribution in [2.24, 2.45) is 11.8 Å². The van der Waals surface area contributed by atoms with Crippen molar-refractivity contribution in [2.45, 2.75) is 43.7 Å². The predicted octanol–water partition coefficient (Wildman–Crippen LogP) is 1.59. The van der Waals surface area contributed by atoms with Crippen LogP contribution in [0, 0.1) is 11.8 Å². The minimum atomic E-state index is 0.107. The van der Waals surface area contributed by atoms with E-state index in [9.17, 15) is 0 Å². The Balaban J connectivity index is 1.65. The number of rotatable bonds is 3. The Morgan fingerprint density at radius 2 is 1.79 bits per heavy atom. The van der Waals surface area contributed by atoms with Crippen molar-refractivity contribution in [3.8, 4) is 0 Å². The Bertz CT molecular complexity index is 280. The summed E-state index contributed by atoms with van der Waals surface area (Å²) in [6, 6.07) is 0.589. The molecule has 3 fully saturated rings. The highest BCUT2D eigenvalue weighted by Gasteiger charge is 2.42. The van der Waals surface area contributed by atoms with Crippen LogP contribution in [0.5, 0.6) is 0 Å². The fourth-order valence-corrected chi connectivity index (χ4v) is 4.16. The summed E-state index contributed by atoms with van der Waals surface area (Å²) in [6.45, 7) is 4.51. The Kier molecular flexibility index (Phi) is 4.42. The molecule has 4 nitrogen and oxygen atoms in total. The fourth-order valence-electron chi connectivity index (χ4n) is 4.16. The minimum Gasteiger partial charge on any atom is -0.381 e. The Labute approximate surface area is 116 Å². The van der Waals surface area contributed by atoms with Gasteiger partial charge in [-0.2, -0.15) is 0 Å². The van der Waals surface area contributed by atoms with E-state index in [0.29, 0.717) is 12.0 Å². The lowest BCUT2D eigenvalue weighted by molar-refractivity contribution is -0.151. The second-order valence-corrected chi connectivity index (χ2v) is 6.33. The molecule has 19 heavy (non-hydrogen) atoms. The molecule has 4 heteroatoms. The van der Waals surface area contributed by atoms with E-state index in [2.05, 4.69) is 12.4 Å². The topological polar surface area (TPSA) is 39.7 Å². The van der Waals surface area contributed by atoms with Crippen LogP contribution in [0.2, 0.25) is 0 Å². The molecule has 3 unspecified atom stereocenters. The first kappa shape index (κ1) is 13.8. The van der Waals surface area contributed by atoms with Gasteiger partial charge in [0.05, 0.1) is 12.2 Å². The number of nitrogens with one attached hydrogen (secondary N) is 1. The van der Waals surface area contributed by atoms with Gasteiger partial charge in [0.25, 0.3) is 0 Å². The van der Waals surface area contributed by atoms with Crippen LogP contribution in [0.4, 0.5) is 0 Å². The Hall–Kier alpha value is -0.160. The van der Waals surface area contributed by atoms with Gasteiger partial charge in [-0.25, -0.2) is 0 Å². The maximum absolute atomic E-state index is 6.15. The van der Waals surface area contributed by atoms with Crippen molar-refractivity contribution in [1.82, 2.24) is 5.32 Å². The molecule has 0 aromatic carbocycles. The Morgan fingerprint density at radius 1 is 1.00 bits per heavy atom. The average molecular weight is 269 g/mol. The molecule has 110 valence electrons. The van der Waals surface area contributed by atoms with Crippen molar-refractivity contribution < 1.29 is 14.2 Å². The highest BCUT2D eigenvalue weighted by Crippen LogP contribution is 2.40. The maximum Gasteiger partial charge on any atom is 0.0729 e. The van der Waals surface area contributed by atoms with E-state index in [1.54, 1.807) is 0 Å². The van der Waals surface area contributed by atoms with Gasteiger partial charge < -0.3 is 19.5 Å². The third kappa shape index (κ3) is 2.97. The van der Waals surface area contributed by atoms with E-state index < -0.39 is 0 Å². The first-order valence-corrected chi connectivity index (χ1v) is 7.80. The van der Waals surface area contributed by atoms with Crippen molar-refractivity contribution in [1.29, 1.82) is 0 Å². The van der Waals surface area contributed by atoms with Gasteiger partial charge in [0, 0.05) is 38.4 Å². The van der Waals surface area contributed by atoms with Gasteiger partial charge >= 0.3 is 0 Å². The van der Waals surface area contributed by atoms with Crippen molar-refractivity contribution in [2.75, 3.05) is 40.1 Å². The lowest BCUT2D eigenvalue weighted by Gasteiger charge is -2.46. The molecular formula is C15H27NO3. The SMILES string of the molecule is CNC(C1CCOC1)C1CCOC2(CCOCC2)C1. The van der Waals surface area contributed by atoms with Crippen molar-refractivity contribution in [3.05, 3.63) is 0 Å². The average Bonchev–Trinajstić information content (AvgIpc) is 2.95. The van der Waals surface area contributed by atoms with E-state index >= 15 is 0 Å². The van der Waals surface area contributed by atoms with Crippen LogP contribution in [0.1, 0.15) is 32.1 Å². The molecule has 3 rings (SSSR count). The second-order valence-electron chi connectivity index (χ2n) is 6.33. The number of hydrogen-bond donors (Lipinski definition) is 1. The molecule has 3 heterocycles. The molecular weight excluding hydrogens is 242 g/mol. The standard InChI is InChI=1S/C15H27NO3/c1-16-14(13-2-6-18-11-13)12-3-7-19-15(10-12)4-8-17-9-5-15/h12-14,16H,2-11H2,1H3. The summed E-state index contributed by atoms with van der Waals surface area (Å²) in [7, 11) is 2.11. The highest BCUT2D eigenvalue weighted by molar-refractivity contribution is 4.94. The van der Waals surface area contributed by atoms with E-state index in [0.717, 1.165) is 51.8 Å². The van der Waals surface area contributed by atoms with Crippen molar-refractivity contribution in [3.63, 3.8) is 0 Å². The maximum atomic E-state index is 6.15. The quantitative estimate of drug-likeness (QED) is 0.844. The monoisotopic (exact) mass is 269 g/mol. The highest BCUT2D eigenvalue weighted by atomic mass is 16.5. The van der Waals surface area contributed by atoms with Gasteiger partial charge in [0.1, 0.15) is 0 Å². The molecule has 3 atom stereocenters. The van der Waals surface area contributed by atoms with Gasteiger partial charge in [0.15, 0.2) is 0 Å². The van der Waals surface area contributed by atoms with Crippen LogP contribution in [-0.2, 0) is 14.2 Å². The fraction of sp³-hybridized carbons (Fsp3) is 1.00. The largest absolute Gasteiger partial charge is 0.381 e. The molecule has 3 aliphatic rings. The molecule has 3 saturated heterocycles. The molecule has 0 aliphatic carbocycles. The third-order valence-electron chi connectivity index (χ3n) is 5.25. The molecule has 1 N–H and O–H groups in total. The first-order chi connectivity index (χ1) is 9.33. The summed E-state index contributed by atoms with van der Waals surface area (Å²) in [4.78, 5) is 0. The van der Waals surface area contributed by atoms with Crippen LogP contribution >= 0.6 is 0 Å². The molecule has 0 amide bonds. The van der Waals surface area contributed by atoms with Gasteiger partial charge in [-0.1, -0.05) is 0 Å².